The Kier molecular flexibility index (Phi) is 5.94. The van der Waals surface area contributed by atoms with Gasteiger partial charge in [0.05, 0.1) is 23.0 Å². The first-order valence-corrected chi connectivity index (χ1v) is 9.77. The molecule has 0 saturated carbocycles. The molecule has 31 heavy (non-hydrogen) atoms. The quantitative estimate of drug-likeness (QED) is 0.615. The minimum Gasteiger partial charge on any atom is -0.491 e. The van der Waals surface area contributed by atoms with E-state index in [-0.39, 0.29) is 17.4 Å². The number of rotatable bonds is 6. The zero-order valence-corrected chi connectivity index (χ0v) is 16.4. The normalized spacial score (nSPS) is 16.3. The van der Waals surface area contributed by atoms with Crippen LogP contribution in [0.25, 0.3) is 5.69 Å². The van der Waals surface area contributed by atoms with E-state index >= 15 is 0 Å². The second-order valence-corrected chi connectivity index (χ2v) is 7.10. The number of ether oxygens (including phenoxy) is 2. The lowest BCUT2D eigenvalue weighted by molar-refractivity contribution is -0.137. The Balaban J connectivity index is 1.50. The van der Waals surface area contributed by atoms with Crippen molar-refractivity contribution in [1.29, 1.82) is 0 Å². The van der Waals surface area contributed by atoms with Crippen LogP contribution in [0.5, 0.6) is 5.75 Å². The van der Waals surface area contributed by atoms with Crippen LogP contribution in [-0.2, 0) is 10.9 Å². The van der Waals surface area contributed by atoms with Gasteiger partial charge in [-0.15, -0.1) is 0 Å². The SMILES string of the molecule is O=C(Nc1cc(C(F)(F)F)ccc1-n1cccn1)c1ccc(OCC2CCCO2)cc1. The van der Waals surface area contributed by atoms with E-state index in [2.05, 4.69) is 10.4 Å². The van der Waals surface area contributed by atoms with Crippen molar-refractivity contribution < 1.29 is 27.4 Å². The maximum absolute atomic E-state index is 13.2. The molecule has 1 amide bonds. The van der Waals surface area contributed by atoms with Gasteiger partial charge in [0.15, 0.2) is 0 Å². The highest BCUT2D eigenvalue weighted by Gasteiger charge is 2.31. The molecule has 1 unspecified atom stereocenters. The summed E-state index contributed by atoms with van der Waals surface area (Å²) in [4.78, 5) is 12.7. The molecule has 1 saturated heterocycles. The van der Waals surface area contributed by atoms with Crippen LogP contribution in [0.2, 0.25) is 0 Å². The van der Waals surface area contributed by atoms with Crippen molar-refractivity contribution in [2.75, 3.05) is 18.5 Å². The number of nitrogens with one attached hydrogen (secondary N) is 1. The van der Waals surface area contributed by atoms with Gasteiger partial charge in [0.25, 0.3) is 5.91 Å². The van der Waals surface area contributed by atoms with E-state index in [9.17, 15) is 18.0 Å². The third-order valence-electron chi connectivity index (χ3n) is 4.90. The second kappa shape index (κ2) is 8.81. The Morgan fingerprint density at radius 3 is 2.68 bits per heavy atom. The molecule has 1 atom stereocenters. The van der Waals surface area contributed by atoms with Crippen molar-refractivity contribution in [1.82, 2.24) is 9.78 Å². The molecule has 1 aliphatic rings. The third kappa shape index (κ3) is 5.05. The van der Waals surface area contributed by atoms with E-state index in [4.69, 9.17) is 9.47 Å². The van der Waals surface area contributed by atoms with Crippen LogP contribution in [0.3, 0.4) is 0 Å². The van der Waals surface area contributed by atoms with E-state index in [0.717, 1.165) is 31.6 Å². The highest BCUT2D eigenvalue weighted by Crippen LogP contribution is 2.33. The molecule has 6 nitrogen and oxygen atoms in total. The van der Waals surface area contributed by atoms with Gasteiger partial charge in [-0.3, -0.25) is 4.79 Å². The lowest BCUT2D eigenvalue weighted by atomic mass is 10.1. The first-order valence-electron chi connectivity index (χ1n) is 9.77. The number of aromatic nitrogens is 2. The van der Waals surface area contributed by atoms with Gasteiger partial charge in [0.1, 0.15) is 12.4 Å². The first kappa shape index (κ1) is 20.9. The van der Waals surface area contributed by atoms with Crippen LogP contribution in [-0.4, -0.2) is 35.0 Å². The van der Waals surface area contributed by atoms with Crippen molar-refractivity contribution in [3.8, 4) is 11.4 Å². The first-order chi connectivity index (χ1) is 14.9. The fourth-order valence-electron chi connectivity index (χ4n) is 3.29. The average Bonchev–Trinajstić information content (AvgIpc) is 3.46. The summed E-state index contributed by atoms with van der Waals surface area (Å²) < 4.78 is 52.1. The Labute approximate surface area is 176 Å². The van der Waals surface area contributed by atoms with Gasteiger partial charge in [-0.25, -0.2) is 4.68 Å². The van der Waals surface area contributed by atoms with Crippen LogP contribution in [0, 0.1) is 0 Å². The summed E-state index contributed by atoms with van der Waals surface area (Å²) in [6.07, 6.45) is 0.588. The summed E-state index contributed by atoms with van der Waals surface area (Å²) in [6, 6.07) is 11.2. The van der Waals surface area contributed by atoms with Crippen molar-refractivity contribution in [3.05, 3.63) is 72.1 Å². The van der Waals surface area contributed by atoms with Gasteiger partial charge in [-0.1, -0.05) is 0 Å². The van der Waals surface area contributed by atoms with E-state index in [1.54, 1.807) is 36.5 Å². The van der Waals surface area contributed by atoms with Crippen molar-refractivity contribution in [2.24, 2.45) is 0 Å². The van der Waals surface area contributed by atoms with Crippen LogP contribution in [0.1, 0.15) is 28.8 Å². The number of alkyl halides is 3. The van der Waals surface area contributed by atoms with Crippen molar-refractivity contribution >= 4 is 11.6 Å². The Hall–Kier alpha value is -3.33. The lowest BCUT2D eigenvalue weighted by Crippen LogP contribution is -2.17. The molecule has 2 heterocycles. The molecule has 0 spiro atoms. The molecule has 1 aliphatic heterocycles. The summed E-state index contributed by atoms with van der Waals surface area (Å²) in [5.74, 6) is 0.0433. The van der Waals surface area contributed by atoms with Gasteiger partial charge in [-0.2, -0.15) is 18.3 Å². The number of amides is 1. The zero-order chi connectivity index (χ0) is 21.8. The Morgan fingerprint density at radius 2 is 2.03 bits per heavy atom. The molecular weight excluding hydrogens is 411 g/mol. The van der Waals surface area contributed by atoms with E-state index in [0.29, 0.717) is 18.0 Å². The van der Waals surface area contributed by atoms with Gasteiger partial charge >= 0.3 is 6.18 Å². The molecule has 2 aromatic carbocycles. The molecule has 4 rings (SSSR count). The average molecular weight is 431 g/mol. The minimum absolute atomic E-state index is 0.00207. The number of benzene rings is 2. The maximum atomic E-state index is 13.2. The molecule has 0 aliphatic carbocycles. The van der Waals surface area contributed by atoms with E-state index in [1.807, 2.05) is 0 Å². The maximum Gasteiger partial charge on any atom is 0.416 e. The number of halogens is 3. The summed E-state index contributed by atoms with van der Waals surface area (Å²) in [7, 11) is 0. The van der Waals surface area contributed by atoms with Gasteiger partial charge in [-0.05, 0) is 61.4 Å². The molecule has 0 radical (unpaired) electrons. The van der Waals surface area contributed by atoms with Gasteiger partial charge in [0.2, 0.25) is 0 Å². The summed E-state index contributed by atoms with van der Waals surface area (Å²) in [5.41, 5.74) is -0.255. The molecule has 1 aromatic heterocycles. The zero-order valence-electron chi connectivity index (χ0n) is 16.4. The van der Waals surface area contributed by atoms with Crippen molar-refractivity contribution in [2.45, 2.75) is 25.1 Å². The Bertz CT molecular complexity index is 1030. The van der Waals surface area contributed by atoms with Gasteiger partial charge < -0.3 is 14.8 Å². The fourth-order valence-corrected chi connectivity index (χ4v) is 3.29. The number of carbonyl (C=O) groups excluding carboxylic acids is 1. The summed E-state index contributed by atoms with van der Waals surface area (Å²) in [6.45, 7) is 1.17. The minimum atomic E-state index is -4.54. The second-order valence-electron chi connectivity index (χ2n) is 7.10. The lowest BCUT2D eigenvalue weighted by Gasteiger charge is -2.15. The van der Waals surface area contributed by atoms with Crippen molar-refractivity contribution in [3.63, 3.8) is 0 Å². The number of hydrogen-bond acceptors (Lipinski definition) is 4. The standard InChI is InChI=1S/C22H20F3N3O3/c23-22(24,25)16-6-9-20(28-11-2-10-26-28)19(13-16)27-21(29)15-4-7-17(8-5-15)31-14-18-3-1-12-30-18/h2,4-11,13,18H,1,3,12,14H2,(H,27,29). The molecule has 1 fully saturated rings. The highest BCUT2D eigenvalue weighted by atomic mass is 19.4. The van der Waals surface area contributed by atoms with Gasteiger partial charge in [0, 0.05) is 24.6 Å². The predicted octanol–water partition coefficient (Wildman–Crippen LogP) is 4.70. The smallest absolute Gasteiger partial charge is 0.416 e. The largest absolute Gasteiger partial charge is 0.491 e. The molecule has 162 valence electrons. The molecule has 0 bridgehead atoms. The molecule has 3 aromatic rings. The van der Waals surface area contributed by atoms with E-state index in [1.165, 1.54) is 16.9 Å². The van der Waals surface area contributed by atoms with Crippen LogP contribution in [0.4, 0.5) is 18.9 Å². The number of anilines is 1. The number of nitrogens with zero attached hydrogens (tertiary/aromatic N) is 2. The number of carbonyl (C=O) groups is 1. The summed E-state index contributed by atoms with van der Waals surface area (Å²) in [5, 5.41) is 6.60. The predicted molar refractivity (Wildman–Crippen MR) is 107 cm³/mol. The van der Waals surface area contributed by atoms with Crippen LogP contribution >= 0.6 is 0 Å². The summed E-state index contributed by atoms with van der Waals surface area (Å²) >= 11 is 0. The number of hydrogen-bond donors (Lipinski definition) is 1. The Morgan fingerprint density at radius 1 is 1.23 bits per heavy atom. The topological polar surface area (TPSA) is 65.4 Å². The third-order valence-corrected chi connectivity index (χ3v) is 4.90. The van der Waals surface area contributed by atoms with Crippen LogP contribution < -0.4 is 10.1 Å². The molecule has 1 N–H and O–H groups in total. The van der Waals surface area contributed by atoms with E-state index < -0.39 is 17.6 Å². The fraction of sp³-hybridized carbons (Fsp3) is 0.273. The monoisotopic (exact) mass is 431 g/mol. The molecule has 9 heteroatoms. The van der Waals surface area contributed by atoms with Crippen LogP contribution in [0.15, 0.2) is 60.9 Å². The molecular formula is C22H20F3N3O3. The highest BCUT2D eigenvalue weighted by molar-refractivity contribution is 6.05.